The molecule has 29 heavy (non-hydrogen) atoms. The molecule has 144 valence electrons. The first kappa shape index (κ1) is 18.0. The van der Waals surface area contributed by atoms with Crippen molar-refractivity contribution in [1.82, 2.24) is 24.1 Å². The second-order valence-electron chi connectivity index (χ2n) is 7.11. The zero-order chi connectivity index (χ0) is 20.1. The number of rotatable bonds is 3. The smallest absolute Gasteiger partial charge is 0.265 e. The highest BCUT2D eigenvalue weighted by atomic mass is 79.9. The fourth-order valence-corrected chi connectivity index (χ4v) is 4.01. The first-order valence-corrected chi connectivity index (χ1v) is 10.3. The summed E-state index contributed by atoms with van der Waals surface area (Å²) in [5, 5.41) is 0.501. The second kappa shape index (κ2) is 6.77. The summed E-state index contributed by atoms with van der Waals surface area (Å²) in [6, 6.07) is 15.6. The van der Waals surface area contributed by atoms with Crippen LogP contribution in [0.1, 0.15) is 26.3 Å². The van der Waals surface area contributed by atoms with E-state index in [0.29, 0.717) is 22.2 Å². The van der Waals surface area contributed by atoms with Crippen molar-refractivity contribution in [2.45, 2.75) is 26.3 Å². The van der Waals surface area contributed by atoms with Gasteiger partial charge in [0.1, 0.15) is 17.2 Å². The Morgan fingerprint density at radius 2 is 1.79 bits per heavy atom. The van der Waals surface area contributed by atoms with E-state index in [-0.39, 0.29) is 11.6 Å². The lowest BCUT2D eigenvalue weighted by molar-refractivity contribution is 0.510. The molecule has 5 aromatic rings. The average Bonchev–Trinajstić information content (AvgIpc) is 3.05. The lowest BCUT2D eigenvalue weighted by Crippen LogP contribution is -2.23. The number of nitrogens with zero attached hydrogens (tertiary/aromatic N) is 5. The Labute approximate surface area is 175 Å². The lowest BCUT2D eigenvalue weighted by atomic mass is 10.2. The molecule has 0 aliphatic carbocycles. The Hall–Kier alpha value is -3.06. The van der Waals surface area contributed by atoms with Crippen LogP contribution in [0.5, 0.6) is 0 Å². The van der Waals surface area contributed by atoms with E-state index in [1.807, 2.05) is 60.0 Å². The van der Waals surface area contributed by atoms with Crippen molar-refractivity contribution in [3.8, 4) is 5.69 Å². The van der Waals surface area contributed by atoms with Gasteiger partial charge in [-0.3, -0.25) is 13.9 Å². The Morgan fingerprint density at radius 1 is 1.03 bits per heavy atom. The summed E-state index contributed by atoms with van der Waals surface area (Å²) in [4.78, 5) is 27.8. The van der Waals surface area contributed by atoms with Gasteiger partial charge in [-0.05, 0) is 43.7 Å². The number of hydrogen-bond donors (Lipinski definition) is 0. The van der Waals surface area contributed by atoms with Crippen molar-refractivity contribution in [3.63, 3.8) is 0 Å². The van der Waals surface area contributed by atoms with Gasteiger partial charge in [0.25, 0.3) is 5.56 Å². The summed E-state index contributed by atoms with van der Waals surface area (Å²) in [5.74, 6) is 0. The van der Waals surface area contributed by atoms with E-state index < -0.39 is 0 Å². The lowest BCUT2D eigenvalue weighted by Gasteiger charge is -2.12. The van der Waals surface area contributed by atoms with Crippen molar-refractivity contribution in [1.29, 1.82) is 0 Å². The first-order valence-electron chi connectivity index (χ1n) is 9.52. The summed E-state index contributed by atoms with van der Waals surface area (Å²) in [6.45, 7) is 4.07. The van der Waals surface area contributed by atoms with E-state index in [0.717, 1.165) is 27.6 Å². The molecule has 0 fully saturated rings. The molecule has 0 saturated carbocycles. The summed E-state index contributed by atoms with van der Waals surface area (Å²) in [7, 11) is 0. The van der Waals surface area contributed by atoms with E-state index in [1.165, 1.54) is 0 Å². The SMILES string of the molecule is CC[C@H](C)n1cnc2c(c1=O)c1nc3ccccc3nc1n2-c1cccc(Br)c1. The molecule has 0 bridgehead atoms. The monoisotopic (exact) mass is 447 g/mol. The number of fused-ring (bicyclic) bond motifs is 4. The van der Waals surface area contributed by atoms with Crippen LogP contribution in [-0.4, -0.2) is 24.1 Å². The highest BCUT2D eigenvalue weighted by Crippen LogP contribution is 2.29. The molecule has 3 aromatic heterocycles. The second-order valence-corrected chi connectivity index (χ2v) is 8.03. The Balaban J connectivity index is 2.00. The van der Waals surface area contributed by atoms with Gasteiger partial charge in [-0.15, -0.1) is 0 Å². The summed E-state index contributed by atoms with van der Waals surface area (Å²) >= 11 is 3.53. The molecule has 0 radical (unpaired) electrons. The molecule has 0 aliphatic heterocycles. The molecule has 0 amide bonds. The molecule has 0 aliphatic rings. The van der Waals surface area contributed by atoms with Gasteiger partial charge < -0.3 is 0 Å². The number of aromatic nitrogens is 5. The van der Waals surface area contributed by atoms with Crippen molar-refractivity contribution in [2.75, 3.05) is 0 Å². The normalized spacial score (nSPS) is 12.8. The minimum atomic E-state index is -0.0901. The number of hydrogen-bond acceptors (Lipinski definition) is 4. The minimum Gasteiger partial charge on any atom is -0.296 e. The molecule has 3 heterocycles. The van der Waals surface area contributed by atoms with Gasteiger partial charge in [0, 0.05) is 10.5 Å². The molecule has 2 aromatic carbocycles. The van der Waals surface area contributed by atoms with Crippen LogP contribution in [0.15, 0.2) is 64.1 Å². The maximum atomic E-state index is 13.4. The van der Waals surface area contributed by atoms with E-state index in [4.69, 9.17) is 9.97 Å². The van der Waals surface area contributed by atoms with Crippen LogP contribution in [0, 0.1) is 0 Å². The van der Waals surface area contributed by atoms with Crippen molar-refractivity contribution >= 4 is 49.2 Å². The van der Waals surface area contributed by atoms with Gasteiger partial charge in [-0.2, -0.15) is 0 Å². The summed E-state index contributed by atoms with van der Waals surface area (Å²) in [5.41, 5.74) is 4.09. The van der Waals surface area contributed by atoms with E-state index in [1.54, 1.807) is 10.9 Å². The third kappa shape index (κ3) is 2.76. The van der Waals surface area contributed by atoms with E-state index >= 15 is 0 Å². The average molecular weight is 448 g/mol. The number of halogens is 1. The van der Waals surface area contributed by atoms with Crippen LogP contribution >= 0.6 is 15.9 Å². The zero-order valence-corrected chi connectivity index (χ0v) is 17.6. The molecule has 0 spiro atoms. The molecular formula is C22H18BrN5O. The Bertz CT molecular complexity index is 1450. The molecule has 1 atom stereocenters. The first-order chi connectivity index (χ1) is 14.1. The van der Waals surface area contributed by atoms with E-state index in [9.17, 15) is 4.79 Å². The largest absolute Gasteiger partial charge is 0.296 e. The molecule has 6 nitrogen and oxygen atoms in total. The number of benzene rings is 2. The van der Waals surface area contributed by atoms with Crippen LogP contribution in [0.2, 0.25) is 0 Å². The Morgan fingerprint density at radius 3 is 2.52 bits per heavy atom. The van der Waals surface area contributed by atoms with E-state index in [2.05, 4.69) is 27.8 Å². The molecular weight excluding hydrogens is 430 g/mol. The van der Waals surface area contributed by atoms with Gasteiger partial charge in [0.05, 0.1) is 16.7 Å². The minimum absolute atomic E-state index is 0.0529. The van der Waals surface area contributed by atoms with Crippen LogP contribution < -0.4 is 5.56 Å². The predicted octanol–water partition coefficient (Wildman–Crippen LogP) is 5.02. The summed E-state index contributed by atoms with van der Waals surface area (Å²) < 4.78 is 4.54. The molecule has 5 rings (SSSR count). The van der Waals surface area contributed by atoms with Crippen molar-refractivity contribution in [2.24, 2.45) is 0 Å². The predicted molar refractivity (Wildman–Crippen MR) is 119 cm³/mol. The van der Waals surface area contributed by atoms with Crippen molar-refractivity contribution in [3.05, 3.63) is 69.7 Å². The van der Waals surface area contributed by atoms with Gasteiger partial charge in [0.15, 0.2) is 11.3 Å². The molecule has 7 heteroatoms. The topological polar surface area (TPSA) is 65.6 Å². The molecule has 0 N–H and O–H groups in total. The van der Waals surface area contributed by atoms with Gasteiger partial charge >= 0.3 is 0 Å². The molecule has 0 saturated heterocycles. The van der Waals surface area contributed by atoms with Gasteiger partial charge in [-0.25, -0.2) is 15.0 Å². The van der Waals surface area contributed by atoms with Crippen LogP contribution in [0.3, 0.4) is 0 Å². The maximum Gasteiger partial charge on any atom is 0.265 e. The Kier molecular flexibility index (Phi) is 4.20. The van der Waals surface area contributed by atoms with Crippen molar-refractivity contribution < 1.29 is 0 Å². The standard InChI is InChI=1S/C22H18BrN5O/c1-3-13(2)27-12-24-20-18(22(27)29)19-21(26-17-10-5-4-9-16(17)25-19)28(20)15-8-6-7-14(23)11-15/h4-13H,3H2,1-2H3/t13-/m0/s1. The fourth-order valence-electron chi connectivity index (χ4n) is 3.62. The maximum absolute atomic E-state index is 13.4. The quantitative estimate of drug-likeness (QED) is 0.389. The summed E-state index contributed by atoms with van der Waals surface area (Å²) in [6.07, 6.45) is 2.47. The fraction of sp³-hybridized carbons (Fsp3) is 0.182. The van der Waals surface area contributed by atoms with Gasteiger partial charge in [0.2, 0.25) is 0 Å². The third-order valence-corrected chi connectivity index (χ3v) is 5.81. The highest BCUT2D eigenvalue weighted by Gasteiger charge is 2.21. The third-order valence-electron chi connectivity index (χ3n) is 5.32. The van der Waals surface area contributed by atoms with Crippen LogP contribution in [0.25, 0.3) is 38.9 Å². The van der Waals surface area contributed by atoms with Gasteiger partial charge in [-0.1, -0.05) is 41.1 Å². The number of para-hydroxylation sites is 2. The zero-order valence-electron chi connectivity index (χ0n) is 16.0. The van der Waals surface area contributed by atoms with Crippen LogP contribution in [-0.2, 0) is 0 Å². The molecule has 0 unspecified atom stereocenters. The van der Waals surface area contributed by atoms with Crippen LogP contribution in [0.4, 0.5) is 0 Å². The highest BCUT2D eigenvalue weighted by molar-refractivity contribution is 9.10.